The van der Waals surface area contributed by atoms with Crippen LogP contribution in [0.1, 0.15) is 42.5 Å². The van der Waals surface area contributed by atoms with Gasteiger partial charge >= 0.3 is 0 Å². The number of aromatic nitrogens is 2. The Morgan fingerprint density at radius 1 is 1.17 bits per heavy atom. The number of carbonyl (C=O) groups is 1. The second-order valence-corrected chi connectivity index (χ2v) is 6.72. The van der Waals surface area contributed by atoms with E-state index in [1.165, 1.54) is 32.1 Å². The number of hydrogen-bond donors (Lipinski definition) is 0. The summed E-state index contributed by atoms with van der Waals surface area (Å²) in [7, 11) is 1.88. The van der Waals surface area contributed by atoms with E-state index in [0.717, 1.165) is 17.4 Å². The third kappa shape index (κ3) is 1.49. The quantitative estimate of drug-likeness (QED) is 0.750. The Bertz CT molecular complexity index is 462. The zero-order valence-corrected chi connectivity index (χ0v) is 10.9. The highest BCUT2D eigenvalue weighted by Gasteiger charge is 2.50. The molecule has 0 aromatic carbocycles. The number of hydrogen-bond acceptors (Lipinski definition) is 2. The van der Waals surface area contributed by atoms with Crippen molar-refractivity contribution in [2.75, 3.05) is 0 Å². The molecule has 3 nitrogen and oxygen atoms in total. The molecule has 4 fully saturated rings. The monoisotopic (exact) mass is 244 g/mol. The molecule has 1 heterocycles. The van der Waals surface area contributed by atoms with E-state index >= 15 is 0 Å². The van der Waals surface area contributed by atoms with E-state index in [0.29, 0.717) is 23.5 Å². The molecular weight excluding hydrogens is 224 g/mol. The third-order valence-electron chi connectivity index (χ3n) is 5.52. The van der Waals surface area contributed by atoms with Gasteiger partial charge in [-0.25, -0.2) is 0 Å². The van der Waals surface area contributed by atoms with Crippen LogP contribution in [0.25, 0.3) is 0 Å². The molecule has 18 heavy (non-hydrogen) atoms. The van der Waals surface area contributed by atoms with Crippen LogP contribution in [-0.2, 0) is 7.05 Å². The Hall–Kier alpha value is -1.12. The first-order chi connectivity index (χ1) is 8.70. The number of rotatable bonds is 2. The first kappa shape index (κ1) is 10.8. The van der Waals surface area contributed by atoms with Crippen molar-refractivity contribution in [3.63, 3.8) is 0 Å². The lowest BCUT2D eigenvalue weighted by Crippen LogP contribution is -2.47. The minimum Gasteiger partial charge on any atom is -0.294 e. The maximum Gasteiger partial charge on any atom is 0.169 e. The van der Waals surface area contributed by atoms with Gasteiger partial charge in [-0.1, -0.05) is 0 Å². The molecule has 0 atom stereocenters. The fraction of sp³-hybridized carbons (Fsp3) is 0.733. The van der Waals surface area contributed by atoms with Crippen LogP contribution < -0.4 is 0 Å². The van der Waals surface area contributed by atoms with E-state index in [1.807, 2.05) is 13.2 Å². The molecule has 0 unspecified atom stereocenters. The number of ketones is 1. The van der Waals surface area contributed by atoms with Crippen LogP contribution in [0.5, 0.6) is 0 Å². The standard InChI is InChI=1S/C15H20N2O/c1-17-8-13(7-16-17)15(18)14-11-3-9-2-10(5-11)6-12(14)4-9/h7-12,14H,2-6H2,1H3. The summed E-state index contributed by atoms with van der Waals surface area (Å²) in [4.78, 5) is 12.7. The van der Waals surface area contributed by atoms with E-state index in [4.69, 9.17) is 0 Å². The molecule has 0 N–H and O–H groups in total. The van der Waals surface area contributed by atoms with Crippen molar-refractivity contribution in [1.29, 1.82) is 0 Å². The first-order valence-electron chi connectivity index (χ1n) is 7.23. The summed E-state index contributed by atoms with van der Waals surface area (Å²) >= 11 is 0. The van der Waals surface area contributed by atoms with E-state index in [1.54, 1.807) is 10.9 Å². The van der Waals surface area contributed by atoms with E-state index < -0.39 is 0 Å². The van der Waals surface area contributed by atoms with Crippen molar-refractivity contribution in [2.45, 2.75) is 32.1 Å². The second-order valence-electron chi connectivity index (χ2n) is 6.72. The zero-order chi connectivity index (χ0) is 12.3. The Labute approximate surface area is 108 Å². The van der Waals surface area contributed by atoms with Crippen molar-refractivity contribution in [2.24, 2.45) is 36.6 Å². The third-order valence-corrected chi connectivity index (χ3v) is 5.52. The maximum atomic E-state index is 12.7. The van der Waals surface area contributed by atoms with Crippen LogP contribution in [0.3, 0.4) is 0 Å². The average molecular weight is 244 g/mol. The van der Waals surface area contributed by atoms with Crippen molar-refractivity contribution >= 4 is 5.78 Å². The van der Waals surface area contributed by atoms with Gasteiger partial charge in [0.1, 0.15) is 0 Å². The van der Waals surface area contributed by atoms with Gasteiger partial charge in [-0.05, 0) is 55.8 Å². The van der Waals surface area contributed by atoms with Crippen molar-refractivity contribution in [3.05, 3.63) is 18.0 Å². The van der Waals surface area contributed by atoms with Crippen LogP contribution in [-0.4, -0.2) is 15.6 Å². The van der Waals surface area contributed by atoms with Gasteiger partial charge in [0.05, 0.1) is 11.8 Å². The maximum absolute atomic E-state index is 12.7. The van der Waals surface area contributed by atoms with Crippen molar-refractivity contribution in [3.8, 4) is 0 Å². The van der Waals surface area contributed by atoms with E-state index in [-0.39, 0.29) is 0 Å². The summed E-state index contributed by atoms with van der Waals surface area (Å²) in [6, 6.07) is 0. The lowest BCUT2D eigenvalue weighted by molar-refractivity contribution is -0.0251. The molecule has 3 heteroatoms. The molecule has 0 amide bonds. The first-order valence-corrected chi connectivity index (χ1v) is 7.23. The fourth-order valence-electron chi connectivity index (χ4n) is 5.09. The van der Waals surface area contributed by atoms with Gasteiger partial charge in [-0.2, -0.15) is 5.10 Å². The normalized spacial score (nSPS) is 41.3. The smallest absolute Gasteiger partial charge is 0.169 e. The van der Waals surface area contributed by atoms with Gasteiger partial charge in [0, 0.05) is 19.2 Å². The predicted molar refractivity (Wildman–Crippen MR) is 68.1 cm³/mol. The minimum absolute atomic E-state index is 0.307. The molecule has 1 aromatic rings. The van der Waals surface area contributed by atoms with Crippen LogP contribution in [0.15, 0.2) is 12.4 Å². The molecule has 4 aliphatic rings. The van der Waals surface area contributed by atoms with Crippen LogP contribution in [0, 0.1) is 29.6 Å². The molecule has 5 rings (SSSR count). The molecule has 1 aromatic heterocycles. The van der Waals surface area contributed by atoms with Crippen LogP contribution in [0.4, 0.5) is 0 Å². The summed E-state index contributed by atoms with van der Waals surface area (Å²) in [5.74, 6) is 3.90. The summed E-state index contributed by atoms with van der Waals surface area (Å²) in [5, 5.41) is 4.15. The Morgan fingerprint density at radius 2 is 1.78 bits per heavy atom. The van der Waals surface area contributed by atoms with Gasteiger partial charge in [-0.15, -0.1) is 0 Å². The van der Waals surface area contributed by atoms with Crippen LogP contribution >= 0.6 is 0 Å². The molecule has 4 saturated carbocycles. The van der Waals surface area contributed by atoms with Crippen molar-refractivity contribution < 1.29 is 4.79 Å². The SMILES string of the molecule is Cn1cc(C(=O)C2C3CC4CC(C3)CC2C4)cn1. The van der Waals surface area contributed by atoms with Gasteiger partial charge in [0.15, 0.2) is 5.78 Å². The lowest BCUT2D eigenvalue weighted by atomic mass is 9.51. The summed E-state index contributed by atoms with van der Waals surface area (Å²) in [6.07, 6.45) is 10.3. The molecule has 4 aliphatic carbocycles. The van der Waals surface area contributed by atoms with Gasteiger partial charge in [0.25, 0.3) is 0 Å². The predicted octanol–water partition coefficient (Wildman–Crippen LogP) is 2.68. The topological polar surface area (TPSA) is 34.9 Å². The minimum atomic E-state index is 0.307. The average Bonchev–Trinajstić information content (AvgIpc) is 2.74. The molecule has 96 valence electrons. The summed E-state index contributed by atoms with van der Waals surface area (Å²) in [5.41, 5.74) is 0.829. The molecule has 0 aliphatic heterocycles. The number of carbonyl (C=O) groups excluding carboxylic acids is 1. The van der Waals surface area contributed by atoms with Gasteiger partial charge < -0.3 is 0 Å². The molecule has 4 bridgehead atoms. The number of Topliss-reactive ketones (excluding diaryl/α,β-unsaturated/α-hetero) is 1. The van der Waals surface area contributed by atoms with Gasteiger partial charge in [-0.3, -0.25) is 9.48 Å². The van der Waals surface area contributed by atoms with Crippen LogP contribution in [0.2, 0.25) is 0 Å². The summed E-state index contributed by atoms with van der Waals surface area (Å²) in [6.45, 7) is 0. The van der Waals surface area contributed by atoms with E-state index in [9.17, 15) is 4.79 Å². The molecule has 0 radical (unpaired) electrons. The van der Waals surface area contributed by atoms with E-state index in [2.05, 4.69) is 5.10 Å². The van der Waals surface area contributed by atoms with Crippen molar-refractivity contribution in [1.82, 2.24) is 9.78 Å². The molecule has 0 saturated heterocycles. The highest BCUT2D eigenvalue weighted by atomic mass is 16.1. The fourth-order valence-corrected chi connectivity index (χ4v) is 5.09. The Kier molecular flexibility index (Phi) is 2.21. The largest absolute Gasteiger partial charge is 0.294 e. The van der Waals surface area contributed by atoms with Gasteiger partial charge in [0.2, 0.25) is 0 Å². The molecule has 0 spiro atoms. The zero-order valence-electron chi connectivity index (χ0n) is 10.9. The highest BCUT2D eigenvalue weighted by molar-refractivity contribution is 5.98. The lowest BCUT2D eigenvalue weighted by Gasteiger charge is -2.53. The highest BCUT2D eigenvalue weighted by Crippen LogP contribution is 2.57. The second kappa shape index (κ2) is 3.69. The number of aryl methyl sites for hydroxylation is 1. The molecular formula is C15H20N2O. The Morgan fingerprint density at radius 3 is 2.28 bits per heavy atom. The summed E-state index contributed by atoms with van der Waals surface area (Å²) < 4.78 is 1.74. The Balaban J connectivity index is 1.63. The number of nitrogens with zero attached hydrogens (tertiary/aromatic N) is 2.